The first-order chi connectivity index (χ1) is 10.9. The van der Waals surface area contributed by atoms with E-state index < -0.39 is 11.2 Å². The third-order valence-electron chi connectivity index (χ3n) is 4.39. The van der Waals surface area contributed by atoms with Crippen LogP contribution in [0.25, 0.3) is 0 Å². The van der Waals surface area contributed by atoms with Crippen molar-refractivity contribution in [3.05, 3.63) is 34.7 Å². The SMILES string of the molecule is CC1(C)CN(C(=O)Cn2ccccc2=O)CC2(CCCOC2)O1. The molecule has 6 nitrogen and oxygen atoms in total. The number of aromatic nitrogens is 1. The maximum absolute atomic E-state index is 12.7. The van der Waals surface area contributed by atoms with Gasteiger partial charge >= 0.3 is 0 Å². The van der Waals surface area contributed by atoms with Crippen LogP contribution in [0, 0.1) is 0 Å². The molecule has 3 heterocycles. The Labute approximate surface area is 136 Å². The van der Waals surface area contributed by atoms with Crippen LogP contribution in [0.3, 0.4) is 0 Å². The van der Waals surface area contributed by atoms with E-state index >= 15 is 0 Å². The van der Waals surface area contributed by atoms with E-state index in [0.29, 0.717) is 19.7 Å². The van der Waals surface area contributed by atoms with Crippen LogP contribution in [0.2, 0.25) is 0 Å². The Morgan fingerprint density at radius 2 is 2.13 bits per heavy atom. The van der Waals surface area contributed by atoms with Gasteiger partial charge < -0.3 is 18.9 Å². The third kappa shape index (κ3) is 3.64. The van der Waals surface area contributed by atoms with Crippen molar-refractivity contribution in [3.8, 4) is 0 Å². The van der Waals surface area contributed by atoms with Crippen LogP contribution >= 0.6 is 0 Å². The summed E-state index contributed by atoms with van der Waals surface area (Å²) >= 11 is 0. The zero-order valence-electron chi connectivity index (χ0n) is 13.8. The van der Waals surface area contributed by atoms with Gasteiger partial charge in [-0.05, 0) is 32.8 Å². The first-order valence-corrected chi connectivity index (χ1v) is 8.10. The van der Waals surface area contributed by atoms with Gasteiger partial charge in [0.25, 0.3) is 5.56 Å². The van der Waals surface area contributed by atoms with Crippen LogP contribution in [0.15, 0.2) is 29.2 Å². The molecule has 3 rings (SSSR count). The number of morpholine rings is 1. The lowest BCUT2D eigenvalue weighted by Crippen LogP contribution is -2.64. The second kappa shape index (κ2) is 6.09. The molecule has 0 saturated carbocycles. The molecule has 2 saturated heterocycles. The fraction of sp³-hybridized carbons (Fsp3) is 0.647. The van der Waals surface area contributed by atoms with Gasteiger partial charge in [-0.15, -0.1) is 0 Å². The number of carbonyl (C=O) groups excluding carboxylic acids is 1. The normalized spacial score (nSPS) is 27.1. The van der Waals surface area contributed by atoms with Gasteiger partial charge in [0.1, 0.15) is 12.1 Å². The predicted octanol–water partition coefficient (Wildman–Crippen LogP) is 1.03. The van der Waals surface area contributed by atoms with E-state index in [9.17, 15) is 9.59 Å². The minimum atomic E-state index is -0.420. The highest BCUT2D eigenvalue weighted by atomic mass is 16.6. The van der Waals surface area contributed by atoms with E-state index in [1.165, 1.54) is 10.6 Å². The lowest BCUT2D eigenvalue weighted by molar-refractivity contribution is -0.232. The molecule has 0 bridgehead atoms. The Kier molecular flexibility index (Phi) is 4.29. The number of ether oxygens (including phenoxy) is 2. The summed E-state index contributed by atoms with van der Waals surface area (Å²) in [7, 11) is 0. The molecule has 1 unspecified atom stereocenters. The second-order valence-corrected chi connectivity index (χ2v) is 7.12. The molecule has 2 aliphatic rings. The van der Waals surface area contributed by atoms with Gasteiger partial charge in [0.2, 0.25) is 5.91 Å². The third-order valence-corrected chi connectivity index (χ3v) is 4.39. The van der Waals surface area contributed by atoms with Crippen LogP contribution in [0.5, 0.6) is 0 Å². The van der Waals surface area contributed by atoms with Crippen molar-refractivity contribution in [1.82, 2.24) is 9.47 Å². The molecule has 2 fully saturated rings. The molecule has 1 spiro atoms. The van der Waals surface area contributed by atoms with Crippen LogP contribution in [0.4, 0.5) is 0 Å². The number of pyridine rings is 1. The van der Waals surface area contributed by atoms with E-state index in [1.54, 1.807) is 18.3 Å². The number of nitrogens with zero attached hydrogens (tertiary/aromatic N) is 2. The molecule has 1 aromatic heterocycles. The summed E-state index contributed by atoms with van der Waals surface area (Å²) in [5.41, 5.74) is -1.00. The molecular weight excluding hydrogens is 296 g/mol. The van der Waals surface area contributed by atoms with E-state index in [-0.39, 0.29) is 18.0 Å². The molecule has 0 radical (unpaired) electrons. The molecule has 23 heavy (non-hydrogen) atoms. The smallest absolute Gasteiger partial charge is 0.250 e. The Morgan fingerprint density at radius 1 is 1.30 bits per heavy atom. The average molecular weight is 320 g/mol. The number of carbonyl (C=O) groups is 1. The Morgan fingerprint density at radius 3 is 2.83 bits per heavy atom. The first-order valence-electron chi connectivity index (χ1n) is 8.10. The standard InChI is InChI=1S/C17H24N2O4/c1-16(2)11-19(12-17(23-16)7-5-9-22-13-17)15(21)10-18-8-4-3-6-14(18)20/h3-4,6,8H,5,7,9-13H2,1-2H3. The van der Waals surface area contributed by atoms with Gasteiger partial charge in [0.05, 0.1) is 18.8 Å². The topological polar surface area (TPSA) is 60.8 Å². The summed E-state index contributed by atoms with van der Waals surface area (Å²) in [5.74, 6) is -0.0559. The highest BCUT2D eigenvalue weighted by Crippen LogP contribution is 2.34. The highest BCUT2D eigenvalue weighted by Gasteiger charge is 2.46. The van der Waals surface area contributed by atoms with E-state index in [4.69, 9.17) is 9.47 Å². The van der Waals surface area contributed by atoms with Crippen molar-refractivity contribution in [2.45, 2.75) is 44.4 Å². The molecule has 0 N–H and O–H groups in total. The quantitative estimate of drug-likeness (QED) is 0.817. The number of hydrogen-bond acceptors (Lipinski definition) is 4. The average Bonchev–Trinajstić information content (AvgIpc) is 2.48. The molecule has 2 aliphatic heterocycles. The van der Waals surface area contributed by atoms with E-state index in [1.807, 2.05) is 18.7 Å². The second-order valence-electron chi connectivity index (χ2n) is 7.12. The lowest BCUT2D eigenvalue weighted by atomic mass is 9.90. The molecule has 1 atom stereocenters. The van der Waals surface area contributed by atoms with Crippen LogP contribution in [-0.2, 0) is 20.8 Å². The molecule has 0 aliphatic carbocycles. The van der Waals surface area contributed by atoms with Crippen LogP contribution in [0.1, 0.15) is 26.7 Å². The fourth-order valence-electron chi connectivity index (χ4n) is 3.56. The summed E-state index contributed by atoms with van der Waals surface area (Å²) in [6, 6.07) is 4.90. The Balaban J connectivity index is 1.76. The van der Waals surface area contributed by atoms with Crippen molar-refractivity contribution < 1.29 is 14.3 Å². The fourth-order valence-corrected chi connectivity index (χ4v) is 3.56. The first kappa shape index (κ1) is 16.2. The van der Waals surface area contributed by atoms with Crippen molar-refractivity contribution in [1.29, 1.82) is 0 Å². The molecular formula is C17H24N2O4. The van der Waals surface area contributed by atoms with Gasteiger partial charge in [-0.2, -0.15) is 0 Å². The molecule has 6 heteroatoms. The van der Waals surface area contributed by atoms with Gasteiger partial charge in [-0.3, -0.25) is 9.59 Å². The molecule has 0 aromatic carbocycles. The van der Waals surface area contributed by atoms with Crippen LogP contribution in [-0.4, -0.2) is 52.9 Å². The monoisotopic (exact) mass is 320 g/mol. The van der Waals surface area contributed by atoms with Crippen molar-refractivity contribution >= 4 is 5.91 Å². The summed E-state index contributed by atoms with van der Waals surface area (Å²) in [6.45, 7) is 6.37. The summed E-state index contributed by atoms with van der Waals surface area (Å²) < 4.78 is 13.3. The van der Waals surface area contributed by atoms with Gasteiger partial charge in [-0.1, -0.05) is 6.07 Å². The maximum atomic E-state index is 12.7. The van der Waals surface area contributed by atoms with E-state index in [0.717, 1.165) is 19.4 Å². The van der Waals surface area contributed by atoms with Crippen molar-refractivity contribution in [2.24, 2.45) is 0 Å². The zero-order chi connectivity index (χ0) is 16.5. The minimum Gasteiger partial charge on any atom is -0.378 e. The van der Waals surface area contributed by atoms with Gasteiger partial charge in [0, 0.05) is 25.4 Å². The Hall–Kier alpha value is -1.66. The molecule has 1 aromatic rings. The summed E-state index contributed by atoms with van der Waals surface area (Å²) in [5, 5.41) is 0. The summed E-state index contributed by atoms with van der Waals surface area (Å²) in [6.07, 6.45) is 3.48. The van der Waals surface area contributed by atoms with Crippen LogP contribution < -0.4 is 5.56 Å². The zero-order valence-corrected chi connectivity index (χ0v) is 13.8. The van der Waals surface area contributed by atoms with Gasteiger partial charge in [-0.25, -0.2) is 0 Å². The minimum absolute atomic E-state index is 0.0559. The van der Waals surface area contributed by atoms with Crippen molar-refractivity contribution in [3.63, 3.8) is 0 Å². The predicted molar refractivity (Wildman–Crippen MR) is 85.2 cm³/mol. The lowest BCUT2D eigenvalue weighted by Gasteiger charge is -2.51. The maximum Gasteiger partial charge on any atom is 0.250 e. The van der Waals surface area contributed by atoms with Gasteiger partial charge in [0.15, 0.2) is 0 Å². The number of hydrogen-bond donors (Lipinski definition) is 0. The number of amides is 1. The highest BCUT2D eigenvalue weighted by molar-refractivity contribution is 5.76. The number of rotatable bonds is 2. The largest absolute Gasteiger partial charge is 0.378 e. The molecule has 1 amide bonds. The summed E-state index contributed by atoms with van der Waals surface area (Å²) in [4.78, 5) is 26.3. The van der Waals surface area contributed by atoms with Crippen molar-refractivity contribution in [2.75, 3.05) is 26.3 Å². The molecule has 126 valence electrons. The van der Waals surface area contributed by atoms with E-state index in [2.05, 4.69) is 0 Å². The Bertz CT molecular complexity index is 631.